The topological polar surface area (TPSA) is 15.3 Å². The van der Waals surface area contributed by atoms with E-state index in [4.69, 9.17) is 0 Å². The van der Waals surface area contributed by atoms with Crippen LogP contribution in [0.4, 0.5) is 5.69 Å². The fraction of sp³-hybridized carbons (Fsp3) is 0.684. The van der Waals surface area contributed by atoms with Crippen molar-refractivity contribution < 1.29 is 0 Å². The van der Waals surface area contributed by atoms with E-state index in [9.17, 15) is 0 Å². The zero-order valence-corrected chi connectivity index (χ0v) is 13.9. The van der Waals surface area contributed by atoms with E-state index >= 15 is 0 Å². The molecule has 116 valence electrons. The summed E-state index contributed by atoms with van der Waals surface area (Å²) in [6.07, 6.45) is 8.13. The van der Waals surface area contributed by atoms with Crippen LogP contribution in [0.1, 0.15) is 56.6 Å². The largest absolute Gasteiger partial charge is 0.365 e. The molecule has 3 rings (SSSR count). The Bertz CT molecular complexity index is 488. The number of hydrogen-bond donors (Lipinski definition) is 1. The SMILES string of the molecule is CCC1CNC2(CCCCC2)CN1c1cccc(C)c1C. The van der Waals surface area contributed by atoms with Crippen molar-refractivity contribution in [3.63, 3.8) is 0 Å². The Labute approximate surface area is 129 Å². The summed E-state index contributed by atoms with van der Waals surface area (Å²) < 4.78 is 0. The van der Waals surface area contributed by atoms with E-state index in [0.29, 0.717) is 11.6 Å². The molecule has 1 aliphatic carbocycles. The Hall–Kier alpha value is -1.02. The molecule has 2 aliphatic rings. The van der Waals surface area contributed by atoms with Crippen LogP contribution in [0.3, 0.4) is 0 Å². The molecule has 0 amide bonds. The highest BCUT2D eigenvalue weighted by Crippen LogP contribution is 2.35. The van der Waals surface area contributed by atoms with Crippen molar-refractivity contribution in [3.8, 4) is 0 Å². The summed E-state index contributed by atoms with van der Waals surface area (Å²) in [5.74, 6) is 0. The van der Waals surface area contributed by atoms with Gasteiger partial charge in [0.2, 0.25) is 0 Å². The molecule has 21 heavy (non-hydrogen) atoms. The third-order valence-electron chi connectivity index (χ3n) is 5.79. The number of nitrogens with zero attached hydrogens (tertiary/aromatic N) is 1. The minimum absolute atomic E-state index is 0.375. The molecule has 0 radical (unpaired) electrons. The van der Waals surface area contributed by atoms with Gasteiger partial charge in [-0.15, -0.1) is 0 Å². The Morgan fingerprint density at radius 2 is 1.95 bits per heavy atom. The lowest BCUT2D eigenvalue weighted by Crippen LogP contribution is -2.65. The second kappa shape index (κ2) is 6.00. The number of hydrogen-bond acceptors (Lipinski definition) is 2. The minimum atomic E-state index is 0.375. The van der Waals surface area contributed by atoms with Gasteiger partial charge in [-0.1, -0.05) is 38.3 Å². The number of rotatable bonds is 2. The van der Waals surface area contributed by atoms with Crippen LogP contribution in [0.25, 0.3) is 0 Å². The molecule has 1 N–H and O–H groups in total. The van der Waals surface area contributed by atoms with Crippen LogP contribution in [0, 0.1) is 13.8 Å². The van der Waals surface area contributed by atoms with Crippen LogP contribution in [0.15, 0.2) is 18.2 Å². The van der Waals surface area contributed by atoms with E-state index in [1.165, 1.54) is 61.9 Å². The summed E-state index contributed by atoms with van der Waals surface area (Å²) in [5.41, 5.74) is 4.72. The first-order chi connectivity index (χ1) is 10.2. The number of aryl methyl sites for hydroxylation is 1. The van der Waals surface area contributed by atoms with E-state index in [1.807, 2.05) is 0 Å². The van der Waals surface area contributed by atoms with Gasteiger partial charge in [-0.25, -0.2) is 0 Å². The summed E-state index contributed by atoms with van der Waals surface area (Å²) >= 11 is 0. The third kappa shape index (κ3) is 2.83. The van der Waals surface area contributed by atoms with Gasteiger partial charge >= 0.3 is 0 Å². The number of anilines is 1. The van der Waals surface area contributed by atoms with E-state index in [-0.39, 0.29) is 0 Å². The molecule has 1 atom stereocenters. The summed E-state index contributed by atoms with van der Waals surface area (Å²) in [5, 5.41) is 3.93. The van der Waals surface area contributed by atoms with Crippen molar-refractivity contribution >= 4 is 5.69 Å². The highest BCUT2D eigenvalue weighted by atomic mass is 15.3. The third-order valence-corrected chi connectivity index (χ3v) is 5.79. The number of nitrogens with one attached hydrogen (secondary N) is 1. The smallest absolute Gasteiger partial charge is 0.0413 e. The van der Waals surface area contributed by atoms with Crippen LogP contribution in [-0.2, 0) is 0 Å². The monoisotopic (exact) mass is 286 g/mol. The maximum atomic E-state index is 3.93. The molecule has 1 spiro atoms. The lowest BCUT2D eigenvalue weighted by molar-refractivity contribution is 0.195. The molecule has 1 saturated heterocycles. The van der Waals surface area contributed by atoms with Gasteiger partial charge in [0.05, 0.1) is 0 Å². The van der Waals surface area contributed by atoms with Gasteiger partial charge in [0.15, 0.2) is 0 Å². The van der Waals surface area contributed by atoms with Gasteiger partial charge in [0.1, 0.15) is 0 Å². The first kappa shape index (κ1) is 14.9. The van der Waals surface area contributed by atoms with Crippen LogP contribution < -0.4 is 10.2 Å². The molecular weight excluding hydrogens is 256 g/mol. The van der Waals surface area contributed by atoms with Crippen LogP contribution in [0.5, 0.6) is 0 Å². The highest BCUT2D eigenvalue weighted by molar-refractivity contribution is 5.57. The standard InChI is InChI=1S/C19H30N2/c1-4-17-13-20-19(11-6-5-7-12-19)14-21(17)18-10-8-9-15(2)16(18)3/h8-10,17,20H,4-7,11-14H2,1-3H3. The van der Waals surface area contributed by atoms with Gasteiger partial charge in [0.25, 0.3) is 0 Å². The molecule has 1 heterocycles. The molecule has 1 aromatic rings. The molecule has 0 bridgehead atoms. The maximum Gasteiger partial charge on any atom is 0.0413 e. The first-order valence-electron chi connectivity index (χ1n) is 8.73. The second-order valence-corrected chi connectivity index (χ2v) is 7.13. The van der Waals surface area contributed by atoms with E-state index in [1.54, 1.807) is 0 Å². The molecule has 1 saturated carbocycles. The Morgan fingerprint density at radius 1 is 1.19 bits per heavy atom. The normalized spacial score (nSPS) is 25.3. The van der Waals surface area contributed by atoms with Gasteiger partial charge < -0.3 is 10.2 Å². The minimum Gasteiger partial charge on any atom is -0.365 e. The van der Waals surface area contributed by atoms with Crippen molar-refractivity contribution in [2.75, 3.05) is 18.0 Å². The van der Waals surface area contributed by atoms with E-state index < -0.39 is 0 Å². The summed E-state index contributed by atoms with van der Waals surface area (Å²) in [6.45, 7) is 9.17. The number of piperazine rings is 1. The maximum absolute atomic E-state index is 3.93. The highest BCUT2D eigenvalue weighted by Gasteiger charge is 2.39. The second-order valence-electron chi connectivity index (χ2n) is 7.13. The van der Waals surface area contributed by atoms with Gasteiger partial charge in [-0.3, -0.25) is 0 Å². The van der Waals surface area contributed by atoms with Gasteiger partial charge in [-0.2, -0.15) is 0 Å². The lowest BCUT2D eigenvalue weighted by atomic mass is 9.79. The van der Waals surface area contributed by atoms with Gasteiger partial charge in [0, 0.05) is 30.4 Å². The zero-order valence-electron chi connectivity index (χ0n) is 13.9. The summed E-state index contributed by atoms with van der Waals surface area (Å²) in [7, 11) is 0. The predicted molar refractivity (Wildman–Crippen MR) is 91.2 cm³/mol. The molecule has 1 aliphatic heterocycles. The average Bonchev–Trinajstić information content (AvgIpc) is 2.51. The molecule has 1 aromatic carbocycles. The molecule has 2 heteroatoms. The van der Waals surface area contributed by atoms with Crippen LogP contribution in [-0.4, -0.2) is 24.7 Å². The summed E-state index contributed by atoms with van der Waals surface area (Å²) in [6, 6.07) is 7.42. The Morgan fingerprint density at radius 3 is 2.67 bits per heavy atom. The lowest BCUT2D eigenvalue weighted by Gasteiger charge is -2.51. The molecule has 2 nitrogen and oxygen atoms in total. The molecule has 2 fully saturated rings. The van der Waals surface area contributed by atoms with Crippen molar-refractivity contribution in [2.45, 2.75) is 70.9 Å². The van der Waals surface area contributed by atoms with E-state index in [2.05, 4.69) is 49.2 Å². The van der Waals surface area contributed by atoms with Crippen molar-refractivity contribution in [1.82, 2.24) is 5.32 Å². The fourth-order valence-electron chi connectivity index (χ4n) is 4.21. The fourth-order valence-corrected chi connectivity index (χ4v) is 4.21. The van der Waals surface area contributed by atoms with Crippen LogP contribution in [0.2, 0.25) is 0 Å². The first-order valence-corrected chi connectivity index (χ1v) is 8.73. The Kier molecular flexibility index (Phi) is 4.26. The summed E-state index contributed by atoms with van der Waals surface area (Å²) in [4.78, 5) is 2.71. The van der Waals surface area contributed by atoms with Crippen LogP contribution >= 0.6 is 0 Å². The van der Waals surface area contributed by atoms with Gasteiger partial charge in [-0.05, 0) is 50.3 Å². The van der Waals surface area contributed by atoms with E-state index in [0.717, 1.165) is 6.54 Å². The molecular formula is C19H30N2. The molecule has 0 aromatic heterocycles. The number of benzene rings is 1. The van der Waals surface area contributed by atoms with Crippen molar-refractivity contribution in [3.05, 3.63) is 29.3 Å². The quantitative estimate of drug-likeness (QED) is 0.877. The average molecular weight is 286 g/mol. The Balaban J connectivity index is 1.90. The zero-order chi connectivity index (χ0) is 14.9. The van der Waals surface area contributed by atoms with Crippen molar-refractivity contribution in [1.29, 1.82) is 0 Å². The molecule has 1 unspecified atom stereocenters. The van der Waals surface area contributed by atoms with Crippen molar-refractivity contribution in [2.24, 2.45) is 0 Å². The predicted octanol–water partition coefficient (Wildman–Crippen LogP) is 4.19.